The van der Waals surface area contributed by atoms with Gasteiger partial charge in [-0.1, -0.05) is 0 Å². The molecule has 0 saturated carbocycles. The fourth-order valence-corrected chi connectivity index (χ4v) is 5.69. The second-order valence-electron chi connectivity index (χ2n) is 9.08. The third-order valence-electron chi connectivity index (χ3n) is 6.09. The van der Waals surface area contributed by atoms with Gasteiger partial charge in [0, 0.05) is 25.2 Å². The molecule has 24 heteroatoms. The van der Waals surface area contributed by atoms with E-state index in [2.05, 4.69) is 14.2 Å². The molecule has 0 radical (unpaired) electrons. The van der Waals surface area contributed by atoms with Gasteiger partial charge in [0.25, 0.3) is 5.56 Å². The van der Waals surface area contributed by atoms with Crippen LogP contribution >= 0.6 is 15.6 Å². The molecule has 0 aromatic carbocycles. The molecule has 4 rings (SSSR count). The standard InChI is InChI=1S/C9H14N2O12P2.C9H16N2O6/c12-5-1-2-11(9(15)10-5)8-7(14)6(13)4(22-8)3-21-25(19,20)23-24(16,17)18;12-3-4-6(14)7(15)8(17-4)11-2-1-5(13)10-9(11)16/h1-2,4,6-8,13-14H,3H2,(H,19,20)(H,10,12,15)(H2,16,17,18);4-8,12-15H,1-3H2,(H,10,16)/t4-,6-,7-,8-;4-,5?,6-,7-,8-/m11/s1. The van der Waals surface area contributed by atoms with Gasteiger partial charge in [-0.2, -0.15) is 4.31 Å². The summed E-state index contributed by atoms with van der Waals surface area (Å²) in [7, 11) is -10.5. The van der Waals surface area contributed by atoms with E-state index in [1.54, 1.807) is 0 Å². The molecule has 3 aliphatic rings. The molecule has 2 unspecified atom stereocenters. The molecule has 3 fully saturated rings. The summed E-state index contributed by atoms with van der Waals surface area (Å²) in [5, 5.41) is 59.5. The molecule has 4 heterocycles. The highest BCUT2D eigenvalue weighted by molar-refractivity contribution is 7.60. The number of nitrogens with one attached hydrogen (secondary N) is 2. The summed E-state index contributed by atoms with van der Waals surface area (Å²) in [6, 6.07) is 0.391. The van der Waals surface area contributed by atoms with Crippen LogP contribution in [0.15, 0.2) is 21.9 Å². The maximum Gasteiger partial charge on any atom is 0.481 e. The highest BCUT2D eigenvalue weighted by Gasteiger charge is 2.48. The van der Waals surface area contributed by atoms with Gasteiger partial charge in [-0.15, -0.1) is 0 Å². The molecule has 240 valence electrons. The van der Waals surface area contributed by atoms with E-state index < -0.39 is 101 Å². The van der Waals surface area contributed by atoms with Gasteiger partial charge < -0.3 is 60.1 Å². The minimum atomic E-state index is -5.32. The van der Waals surface area contributed by atoms with E-state index in [-0.39, 0.29) is 6.54 Å². The zero-order valence-corrected chi connectivity index (χ0v) is 23.0. The molecule has 1 aromatic rings. The summed E-state index contributed by atoms with van der Waals surface area (Å²) in [5.74, 6) is 0. The smallest absolute Gasteiger partial charge is 0.394 e. The number of carbonyl (C=O) groups is 1. The van der Waals surface area contributed by atoms with Gasteiger partial charge in [0.1, 0.15) is 42.9 Å². The van der Waals surface area contributed by atoms with Crippen molar-refractivity contribution in [1.82, 2.24) is 19.8 Å². The number of H-pyrrole nitrogens is 1. The Balaban J connectivity index is 0.000000247. The van der Waals surface area contributed by atoms with Crippen molar-refractivity contribution in [3.05, 3.63) is 33.1 Å². The van der Waals surface area contributed by atoms with Crippen LogP contribution in [0.1, 0.15) is 12.6 Å². The fourth-order valence-electron chi connectivity index (χ4n) is 4.09. The summed E-state index contributed by atoms with van der Waals surface area (Å²) in [6.07, 6.45) is -10.3. The molecule has 42 heavy (non-hydrogen) atoms. The van der Waals surface area contributed by atoms with Gasteiger partial charge >= 0.3 is 27.4 Å². The number of urea groups is 1. The average molecular weight is 652 g/mol. The highest BCUT2D eigenvalue weighted by atomic mass is 31.3. The van der Waals surface area contributed by atoms with Gasteiger partial charge in [-0.05, 0) is 0 Å². The van der Waals surface area contributed by atoms with E-state index in [0.717, 1.165) is 16.8 Å². The third-order valence-corrected chi connectivity index (χ3v) is 8.24. The van der Waals surface area contributed by atoms with Crippen LogP contribution in [0.4, 0.5) is 4.79 Å². The Bertz CT molecular complexity index is 1300. The third kappa shape index (κ3) is 8.50. The zero-order valence-electron chi connectivity index (χ0n) is 21.2. The first-order valence-corrected chi connectivity index (χ1v) is 14.9. The molecule has 2 amide bonds. The minimum absolute atomic E-state index is 0.208. The van der Waals surface area contributed by atoms with Gasteiger partial charge in [0.15, 0.2) is 12.5 Å². The van der Waals surface area contributed by atoms with Crippen molar-refractivity contribution in [2.75, 3.05) is 19.8 Å². The number of carbonyl (C=O) groups excluding carboxylic acids is 1. The van der Waals surface area contributed by atoms with Gasteiger partial charge in [0.2, 0.25) is 0 Å². The van der Waals surface area contributed by atoms with Crippen LogP contribution in [0.25, 0.3) is 0 Å². The van der Waals surface area contributed by atoms with Crippen LogP contribution in [0, 0.1) is 0 Å². The van der Waals surface area contributed by atoms with Crippen LogP contribution < -0.4 is 16.6 Å². The largest absolute Gasteiger partial charge is 0.481 e. The molecule has 3 saturated heterocycles. The Morgan fingerprint density at radius 3 is 2.07 bits per heavy atom. The topological polar surface area (TPSA) is 340 Å². The molecule has 0 bridgehead atoms. The SMILES string of the molecule is O=C1NC(O)CCN1[C@@H]1O[C@H](CO)[C@@H](O)[C@H]1O.O=c1ccn([C@@H]2O[C@H](COP(=O)(O)OP(=O)(O)O)[C@@H](O)[C@H]2O)c(=O)[nH]1. The Hall–Kier alpha value is -2.11. The number of amides is 2. The molecular formula is C18H30N4O18P2. The van der Waals surface area contributed by atoms with E-state index >= 15 is 0 Å². The number of rotatable bonds is 8. The zero-order chi connectivity index (χ0) is 31.6. The number of aromatic amines is 1. The van der Waals surface area contributed by atoms with Crippen molar-refractivity contribution < 1.29 is 77.6 Å². The first-order chi connectivity index (χ1) is 19.4. The molecule has 3 aliphatic heterocycles. The van der Waals surface area contributed by atoms with Crippen molar-refractivity contribution in [2.24, 2.45) is 0 Å². The molecule has 1 aromatic heterocycles. The lowest BCUT2D eigenvalue weighted by atomic mass is 10.1. The van der Waals surface area contributed by atoms with Crippen LogP contribution in [0.2, 0.25) is 0 Å². The summed E-state index contributed by atoms with van der Waals surface area (Å²) in [4.78, 5) is 63.4. The van der Waals surface area contributed by atoms with E-state index in [1.807, 2.05) is 4.98 Å². The highest BCUT2D eigenvalue weighted by Crippen LogP contribution is 2.57. The van der Waals surface area contributed by atoms with Crippen LogP contribution in [0.5, 0.6) is 0 Å². The number of hydrogen-bond donors (Lipinski definition) is 11. The van der Waals surface area contributed by atoms with Crippen molar-refractivity contribution in [3.8, 4) is 0 Å². The summed E-state index contributed by atoms with van der Waals surface area (Å²) in [5.41, 5.74) is -1.65. The van der Waals surface area contributed by atoms with E-state index in [4.69, 9.17) is 29.3 Å². The van der Waals surface area contributed by atoms with Crippen molar-refractivity contribution in [1.29, 1.82) is 0 Å². The Morgan fingerprint density at radius 1 is 0.929 bits per heavy atom. The maximum absolute atomic E-state index is 11.7. The number of aliphatic hydroxyl groups is 6. The molecule has 10 atom stereocenters. The van der Waals surface area contributed by atoms with Gasteiger partial charge in [0.05, 0.1) is 13.2 Å². The molecule has 11 N–H and O–H groups in total. The minimum Gasteiger partial charge on any atom is -0.394 e. The Morgan fingerprint density at radius 2 is 1.52 bits per heavy atom. The summed E-state index contributed by atoms with van der Waals surface area (Å²) in [6.45, 7) is -1.13. The van der Waals surface area contributed by atoms with E-state index in [1.165, 1.54) is 4.90 Å². The second kappa shape index (κ2) is 13.7. The number of ether oxygens (including phenoxy) is 2. The van der Waals surface area contributed by atoms with Crippen molar-refractivity contribution >= 4 is 21.7 Å². The predicted molar refractivity (Wildman–Crippen MR) is 130 cm³/mol. The number of hydrogen-bond acceptors (Lipinski definition) is 15. The van der Waals surface area contributed by atoms with E-state index in [0.29, 0.717) is 6.42 Å². The van der Waals surface area contributed by atoms with Crippen LogP contribution in [-0.2, 0) is 27.4 Å². The van der Waals surface area contributed by atoms with Gasteiger partial charge in [-0.3, -0.25) is 23.8 Å². The van der Waals surface area contributed by atoms with Crippen molar-refractivity contribution in [3.63, 3.8) is 0 Å². The van der Waals surface area contributed by atoms with Crippen molar-refractivity contribution in [2.45, 2.75) is 61.7 Å². The maximum atomic E-state index is 11.7. The Labute approximate surface area is 234 Å². The van der Waals surface area contributed by atoms with Crippen LogP contribution in [0.3, 0.4) is 0 Å². The monoisotopic (exact) mass is 652 g/mol. The molecule has 0 aliphatic carbocycles. The summed E-state index contributed by atoms with van der Waals surface area (Å²) >= 11 is 0. The number of phosphoric ester groups is 1. The lowest BCUT2D eigenvalue weighted by Crippen LogP contribution is -2.57. The first-order valence-electron chi connectivity index (χ1n) is 11.9. The normalized spacial score (nSPS) is 34.8. The second-order valence-corrected chi connectivity index (χ2v) is 11.9. The average Bonchev–Trinajstić information content (AvgIpc) is 3.32. The number of phosphoric acid groups is 2. The van der Waals surface area contributed by atoms with Crippen LogP contribution in [-0.4, -0.2) is 135 Å². The van der Waals surface area contributed by atoms with Gasteiger partial charge in [-0.25, -0.2) is 18.7 Å². The predicted octanol–water partition coefficient (Wildman–Crippen LogP) is -5.46. The molecule has 0 spiro atoms. The van der Waals surface area contributed by atoms with E-state index in [9.17, 15) is 49.0 Å². The molecular weight excluding hydrogens is 622 g/mol. The molecule has 22 nitrogen and oxygen atoms in total. The number of nitrogens with zero attached hydrogens (tertiary/aromatic N) is 2. The number of aromatic nitrogens is 2. The Kier molecular flexibility index (Phi) is 11.2. The summed E-state index contributed by atoms with van der Waals surface area (Å²) < 4.78 is 40.9. The lowest BCUT2D eigenvalue weighted by Gasteiger charge is -2.35. The quantitative estimate of drug-likeness (QED) is 0.117. The first kappa shape index (κ1) is 34.4. The number of aliphatic hydroxyl groups excluding tert-OH is 6. The lowest BCUT2D eigenvalue weighted by molar-refractivity contribution is -0.0893. The fraction of sp³-hybridized carbons (Fsp3) is 0.722.